The summed E-state index contributed by atoms with van der Waals surface area (Å²) in [7, 11) is 3.67. The Hall–Kier alpha value is -1.60. The lowest BCUT2D eigenvalue weighted by molar-refractivity contribution is 0.0702. The summed E-state index contributed by atoms with van der Waals surface area (Å²) >= 11 is 0. The maximum Gasteiger partial charge on any atom is 0.191 e. The number of guanidine groups is 1. The quantitative estimate of drug-likeness (QED) is 0.359. The third-order valence-corrected chi connectivity index (χ3v) is 4.05. The third kappa shape index (κ3) is 7.88. The molecule has 0 fully saturated rings. The summed E-state index contributed by atoms with van der Waals surface area (Å²) in [5.41, 5.74) is 3.63. The number of nitrogens with one attached hydrogen (secondary N) is 2. The number of methoxy groups -OCH3 is 1. The number of nitrogens with zero attached hydrogens (tertiary/aromatic N) is 3. The second kappa shape index (κ2) is 11.9. The zero-order chi connectivity index (χ0) is 18.7. The highest BCUT2D eigenvalue weighted by Crippen LogP contribution is 2.14. The average molecular weight is 354 g/mol. The van der Waals surface area contributed by atoms with E-state index < -0.39 is 0 Å². The van der Waals surface area contributed by atoms with E-state index in [-0.39, 0.29) is 6.04 Å². The molecule has 1 aromatic rings. The Balaban J connectivity index is 2.45. The van der Waals surface area contributed by atoms with Crippen molar-refractivity contribution in [1.82, 2.24) is 20.4 Å². The van der Waals surface area contributed by atoms with Gasteiger partial charge in [0.1, 0.15) is 0 Å². The molecular formula is C18H35N5O2. The highest BCUT2D eigenvalue weighted by Gasteiger charge is 2.13. The van der Waals surface area contributed by atoms with Crippen LogP contribution in [0.3, 0.4) is 0 Å². The normalized spacial score (nSPS) is 13.1. The summed E-state index contributed by atoms with van der Waals surface area (Å²) in [4.78, 5) is 4.63. The first-order chi connectivity index (χ1) is 12.0. The summed E-state index contributed by atoms with van der Waals surface area (Å²) in [6.45, 7) is 12.0. The smallest absolute Gasteiger partial charge is 0.191 e. The van der Waals surface area contributed by atoms with Crippen LogP contribution >= 0.6 is 0 Å². The zero-order valence-electron chi connectivity index (χ0n) is 16.7. The van der Waals surface area contributed by atoms with Gasteiger partial charge in [-0.3, -0.25) is 9.67 Å². The van der Waals surface area contributed by atoms with Gasteiger partial charge in [-0.15, -0.1) is 0 Å². The van der Waals surface area contributed by atoms with Crippen molar-refractivity contribution in [3.63, 3.8) is 0 Å². The van der Waals surface area contributed by atoms with E-state index in [4.69, 9.17) is 9.47 Å². The number of aromatic nitrogens is 2. The highest BCUT2D eigenvalue weighted by molar-refractivity contribution is 5.80. The molecule has 7 heteroatoms. The van der Waals surface area contributed by atoms with Crippen LogP contribution in [0.1, 0.15) is 37.2 Å². The molecule has 0 aliphatic carbocycles. The first-order valence-corrected chi connectivity index (χ1v) is 9.10. The van der Waals surface area contributed by atoms with Crippen molar-refractivity contribution in [1.29, 1.82) is 0 Å². The van der Waals surface area contributed by atoms with Crippen molar-refractivity contribution in [3.05, 3.63) is 17.0 Å². The Morgan fingerprint density at radius 1 is 1.28 bits per heavy atom. The number of hydrogen-bond acceptors (Lipinski definition) is 4. The fourth-order valence-electron chi connectivity index (χ4n) is 2.63. The van der Waals surface area contributed by atoms with Gasteiger partial charge in [0.25, 0.3) is 0 Å². The summed E-state index contributed by atoms with van der Waals surface area (Å²) in [6, 6.07) is 0.275. The van der Waals surface area contributed by atoms with Gasteiger partial charge in [0.15, 0.2) is 5.96 Å². The largest absolute Gasteiger partial charge is 0.382 e. The minimum atomic E-state index is 0.275. The van der Waals surface area contributed by atoms with E-state index >= 15 is 0 Å². The van der Waals surface area contributed by atoms with Gasteiger partial charge in [0, 0.05) is 45.6 Å². The number of ether oxygens (including phenoxy) is 2. The standard InChI is InChI=1S/C18H35N5O2/c1-7-19-18(20-9-8-10-25-12-11-24-6)21-14(2)13-17-15(3)22-23(5)16(17)4/h14H,7-13H2,1-6H3,(H2,19,20,21). The minimum Gasteiger partial charge on any atom is -0.382 e. The molecular weight excluding hydrogens is 318 g/mol. The number of aryl methyl sites for hydroxylation is 2. The Morgan fingerprint density at radius 3 is 2.64 bits per heavy atom. The van der Waals surface area contributed by atoms with Crippen molar-refractivity contribution in [3.8, 4) is 0 Å². The summed E-state index contributed by atoms with van der Waals surface area (Å²) in [6.07, 6.45) is 1.82. The van der Waals surface area contributed by atoms with E-state index in [2.05, 4.69) is 48.4 Å². The molecule has 0 aromatic carbocycles. The van der Waals surface area contributed by atoms with E-state index in [0.717, 1.165) is 37.6 Å². The Kier molecular flexibility index (Phi) is 10.2. The lowest BCUT2D eigenvalue weighted by atomic mass is 10.1. The second-order valence-corrected chi connectivity index (χ2v) is 6.24. The minimum absolute atomic E-state index is 0.275. The van der Waals surface area contributed by atoms with Crippen LogP contribution in [0.5, 0.6) is 0 Å². The molecule has 0 bridgehead atoms. The first kappa shape index (κ1) is 21.4. The highest BCUT2D eigenvalue weighted by atomic mass is 16.5. The molecule has 1 unspecified atom stereocenters. The van der Waals surface area contributed by atoms with Crippen LogP contribution in [0.4, 0.5) is 0 Å². The van der Waals surface area contributed by atoms with E-state index in [9.17, 15) is 0 Å². The van der Waals surface area contributed by atoms with Crippen molar-refractivity contribution in [2.24, 2.45) is 12.0 Å². The van der Waals surface area contributed by atoms with Crippen LogP contribution < -0.4 is 10.6 Å². The molecule has 1 atom stereocenters. The Bertz CT molecular complexity index is 528. The third-order valence-electron chi connectivity index (χ3n) is 4.05. The molecule has 0 saturated heterocycles. The molecule has 0 aliphatic rings. The maximum absolute atomic E-state index is 5.46. The van der Waals surface area contributed by atoms with Gasteiger partial charge in [-0.25, -0.2) is 0 Å². The van der Waals surface area contributed by atoms with Crippen LogP contribution in [0.25, 0.3) is 0 Å². The molecule has 0 amide bonds. The molecule has 25 heavy (non-hydrogen) atoms. The molecule has 1 heterocycles. The van der Waals surface area contributed by atoms with Gasteiger partial charge >= 0.3 is 0 Å². The van der Waals surface area contributed by atoms with Crippen LogP contribution in [0, 0.1) is 13.8 Å². The molecule has 0 saturated carbocycles. The Labute approximate surface area is 152 Å². The van der Waals surface area contributed by atoms with Gasteiger partial charge in [-0.1, -0.05) is 0 Å². The number of hydrogen-bond donors (Lipinski definition) is 2. The molecule has 1 rings (SSSR count). The van der Waals surface area contributed by atoms with Gasteiger partial charge < -0.3 is 20.1 Å². The monoisotopic (exact) mass is 353 g/mol. The summed E-state index contributed by atoms with van der Waals surface area (Å²) in [5, 5.41) is 11.3. The van der Waals surface area contributed by atoms with E-state index in [1.165, 1.54) is 11.3 Å². The van der Waals surface area contributed by atoms with E-state index in [1.54, 1.807) is 7.11 Å². The van der Waals surface area contributed by atoms with Crippen molar-refractivity contribution in [2.45, 2.75) is 46.6 Å². The first-order valence-electron chi connectivity index (χ1n) is 9.10. The summed E-state index contributed by atoms with van der Waals surface area (Å²) in [5.74, 6) is 0.853. The van der Waals surface area contributed by atoms with Crippen molar-refractivity contribution < 1.29 is 9.47 Å². The summed E-state index contributed by atoms with van der Waals surface area (Å²) < 4.78 is 12.4. The zero-order valence-corrected chi connectivity index (χ0v) is 16.7. The fourth-order valence-corrected chi connectivity index (χ4v) is 2.63. The fraction of sp³-hybridized carbons (Fsp3) is 0.778. The number of rotatable bonds is 11. The van der Waals surface area contributed by atoms with Crippen LogP contribution in [-0.4, -0.2) is 61.8 Å². The predicted molar refractivity (Wildman–Crippen MR) is 102 cm³/mol. The van der Waals surface area contributed by atoms with Crippen LogP contribution in [-0.2, 0) is 22.9 Å². The predicted octanol–water partition coefficient (Wildman–Crippen LogP) is 1.58. The molecule has 0 aliphatic heterocycles. The molecule has 0 radical (unpaired) electrons. The van der Waals surface area contributed by atoms with Crippen LogP contribution in [0.15, 0.2) is 4.99 Å². The van der Waals surface area contributed by atoms with Gasteiger partial charge in [0.2, 0.25) is 0 Å². The van der Waals surface area contributed by atoms with Crippen molar-refractivity contribution >= 4 is 5.96 Å². The molecule has 144 valence electrons. The SMILES string of the molecule is CCNC(=NCCCOCCOC)NC(C)Cc1c(C)nn(C)c1C. The van der Waals surface area contributed by atoms with Gasteiger partial charge in [-0.05, 0) is 46.1 Å². The average Bonchev–Trinajstić information content (AvgIpc) is 2.80. The lowest BCUT2D eigenvalue weighted by Gasteiger charge is -2.18. The topological polar surface area (TPSA) is 72.7 Å². The molecule has 7 nitrogen and oxygen atoms in total. The Morgan fingerprint density at radius 2 is 2.04 bits per heavy atom. The van der Waals surface area contributed by atoms with E-state index in [1.807, 2.05) is 11.7 Å². The lowest BCUT2D eigenvalue weighted by Crippen LogP contribution is -2.43. The van der Waals surface area contributed by atoms with Gasteiger partial charge in [-0.2, -0.15) is 5.10 Å². The van der Waals surface area contributed by atoms with Gasteiger partial charge in [0.05, 0.1) is 18.9 Å². The second-order valence-electron chi connectivity index (χ2n) is 6.24. The van der Waals surface area contributed by atoms with Crippen LogP contribution in [0.2, 0.25) is 0 Å². The number of aliphatic imine (C=N–C) groups is 1. The van der Waals surface area contributed by atoms with E-state index in [0.29, 0.717) is 19.8 Å². The maximum atomic E-state index is 5.46. The molecule has 2 N–H and O–H groups in total. The van der Waals surface area contributed by atoms with Crippen molar-refractivity contribution in [2.75, 3.05) is 40.0 Å². The molecule has 1 aromatic heterocycles. The molecule has 0 spiro atoms.